The molecule has 0 aliphatic heterocycles. The summed E-state index contributed by atoms with van der Waals surface area (Å²) in [5, 5.41) is 5.08. The summed E-state index contributed by atoms with van der Waals surface area (Å²) >= 11 is 1.66. The van der Waals surface area contributed by atoms with Crippen LogP contribution in [-0.4, -0.2) is 13.0 Å². The standard InChI is InChI=1S/C16H17NO2S/c1-19-13-6-3-2-5-12(13)11-17-15(18)16(8-9-16)14-7-4-10-20-14/h2-7,10H,8-9,11H2,1H3,(H,17,18). The van der Waals surface area contributed by atoms with Gasteiger partial charge in [0.05, 0.1) is 12.5 Å². The summed E-state index contributed by atoms with van der Waals surface area (Å²) in [6.07, 6.45) is 1.90. The highest BCUT2D eigenvalue weighted by Crippen LogP contribution is 2.50. The van der Waals surface area contributed by atoms with Crippen LogP contribution in [0.1, 0.15) is 23.3 Å². The van der Waals surface area contributed by atoms with Crippen LogP contribution in [0.5, 0.6) is 5.75 Å². The van der Waals surface area contributed by atoms with Crippen molar-refractivity contribution < 1.29 is 9.53 Å². The van der Waals surface area contributed by atoms with Crippen LogP contribution in [0, 0.1) is 0 Å². The first-order valence-corrected chi connectivity index (χ1v) is 7.58. The Labute approximate surface area is 122 Å². The van der Waals surface area contributed by atoms with Gasteiger partial charge in [0.1, 0.15) is 5.75 Å². The normalized spacial score (nSPS) is 15.7. The monoisotopic (exact) mass is 287 g/mol. The van der Waals surface area contributed by atoms with Crippen molar-refractivity contribution >= 4 is 17.2 Å². The van der Waals surface area contributed by atoms with Crippen molar-refractivity contribution in [3.8, 4) is 5.75 Å². The van der Waals surface area contributed by atoms with Crippen LogP contribution in [0.15, 0.2) is 41.8 Å². The number of para-hydroxylation sites is 1. The molecule has 0 unspecified atom stereocenters. The molecule has 1 aliphatic rings. The Morgan fingerprint density at radius 1 is 1.30 bits per heavy atom. The molecule has 3 rings (SSSR count). The van der Waals surface area contributed by atoms with E-state index in [2.05, 4.69) is 11.4 Å². The average molecular weight is 287 g/mol. The van der Waals surface area contributed by atoms with Gasteiger partial charge in [-0.3, -0.25) is 4.79 Å². The maximum absolute atomic E-state index is 12.5. The predicted octanol–water partition coefficient (Wildman–Crippen LogP) is 3.10. The number of methoxy groups -OCH3 is 1. The Morgan fingerprint density at radius 2 is 2.10 bits per heavy atom. The van der Waals surface area contributed by atoms with E-state index in [0.717, 1.165) is 24.2 Å². The third-order valence-electron chi connectivity index (χ3n) is 3.81. The maximum atomic E-state index is 12.5. The lowest BCUT2D eigenvalue weighted by Crippen LogP contribution is -2.33. The van der Waals surface area contributed by atoms with Gasteiger partial charge in [-0.25, -0.2) is 0 Å². The van der Waals surface area contributed by atoms with Crippen LogP contribution < -0.4 is 10.1 Å². The summed E-state index contributed by atoms with van der Waals surface area (Å²) in [4.78, 5) is 13.6. The summed E-state index contributed by atoms with van der Waals surface area (Å²) in [5.74, 6) is 0.944. The lowest BCUT2D eigenvalue weighted by Gasteiger charge is -2.15. The van der Waals surface area contributed by atoms with Crippen molar-refractivity contribution in [3.63, 3.8) is 0 Å². The van der Waals surface area contributed by atoms with Gasteiger partial charge in [0.25, 0.3) is 0 Å². The first-order chi connectivity index (χ1) is 9.76. The number of ether oxygens (including phenoxy) is 1. The molecule has 3 nitrogen and oxygen atoms in total. The molecule has 0 spiro atoms. The third kappa shape index (κ3) is 2.31. The zero-order valence-electron chi connectivity index (χ0n) is 11.4. The van der Waals surface area contributed by atoms with Gasteiger partial charge in [-0.1, -0.05) is 24.3 Å². The number of rotatable bonds is 5. The number of amides is 1. The molecule has 104 valence electrons. The molecule has 20 heavy (non-hydrogen) atoms. The fraction of sp³-hybridized carbons (Fsp3) is 0.312. The molecule has 4 heteroatoms. The number of nitrogens with one attached hydrogen (secondary N) is 1. The Morgan fingerprint density at radius 3 is 2.75 bits per heavy atom. The van der Waals surface area contributed by atoms with Gasteiger partial charge in [-0.2, -0.15) is 0 Å². The van der Waals surface area contributed by atoms with E-state index in [1.165, 1.54) is 4.88 Å². The molecule has 1 fully saturated rings. The highest BCUT2D eigenvalue weighted by Gasteiger charge is 2.51. The third-order valence-corrected chi connectivity index (χ3v) is 4.88. The fourth-order valence-corrected chi connectivity index (χ4v) is 3.44. The molecule has 0 bridgehead atoms. The molecule has 2 aromatic rings. The van der Waals surface area contributed by atoms with E-state index in [1.807, 2.05) is 35.7 Å². The number of carbonyl (C=O) groups excluding carboxylic acids is 1. The smallest absolute Gasteiger partial charge is 0.231 e. The molecule has 1 saturated carbocycles. The van der Waals surface area contributed by atoms with Gasteiger partial charge in [0.2, 0.25) is 5.91 Å². The maximum Gasteiger partial charge on any atom is 0.231 e. The van der Waals surface area contributed by atoms with Crippen LogP contribution in [0.4, 0.5) is 0 Å². The summed E-state index contributed by atoms with van der Waals surface area (Å²) in [6.45, 7) is 0.510. The van der Waals surface area contributed by atoms with Crippen molar-refractivity contribution in [2.45, 2.75) is 24.8 Å². The highest BCUT2D eigenvalue weighted by molar-refractivity contribution is 7.10. The minimum atomic E-state index is -0.268. The Balaban J connectivity index is 1.69. The van der Waals surface area contributed by atoms with Crippen molar-refractivity contribution in [2.75, 3.05) is 7.11 Å². The van der Waals surface area contributed by atoms with E-state index < -0.39 is 0 Å². The lowest BCUT2D eigenvalue weighted by atomic mass is 10.0. The second-order valence-corrected chi connectivity index (χ2v) is 6.00. The van der Waals surface area contributed by atoms with Crippen molar-refractivity contribution in [1.29, 1.82) is 0 Å². The van der Waals surface area contributed by atoms with Crippen molar-refractivity contribution in [2.24, 2.45) is 0 Å². The summed E-state index contributed by atoms with van der Waals surface area (Å²) in [6, 6.07) is 11.8. The Kier molecular flexibility index (Phi) is 3.49. The van der Waals surface area contributed by atoms with E-state index in [1.54, 1.807) is 18.4 Å². The van der Waals surface area contributed by atoms with E-state index in [-0.39, 0.29) is 11.3 Å². The minimum Gasteiger partial charge on any atom is -0.496 e. The number of carbonyl (C=O) groups is 1. The number of hydrogen-bond donors (Lipinski definition) is 1. The van der Waals surface area contributed by atoms with Crippen LogP contribution >= 0.6 is 11.3 Å². The van der Waals surface area contributed by atoms with E-state index in [9.17, 15) is 4.79 Å². The molecular formula is C16H17NO2S. The quantitative estimate of drug-likeness (QED) is 0.917. The molecule has 0 saturated heterocycles. The molecule has 1 amide bonds. The second-order valence-electron chi connectivity index (χ2n) is 5.05. The Bertz CT molecular complexity index is 603. The molecule has 1 aromatic heterocycles. The topological polar surface area (TPSA) is 38.3 Å². The summed E-state index contributed by atoms with van der Waals surface area (Å²) in [7, 11) is 1.65. The van der Waals surface area contributed by atoms with Crippen LogP contribution in [-0.2, 0) is 16.8 Å². The number of thiophene rings is 1. The average Bonchev–Trinajstić information content (AvgIpc) is 3.12. The van der Waals surface area contributed by atoms with Crippen LogP contribution in [0.25, 0.3) is 0 Å². The summed E-state index contributed by atoms with van der Waals surface area (Å²) in [5.41, 5.74) is 0.737. The lowest BCUT2D eigenvalue weighted by molar-refractivity contribution is -0.123. The minimum absolute atomic E-state index is 0.130. The second kappa shape index (κ2) is 5.29. The first-order valence-electron chi connectivity index (χ1n) is 6.70. The molecule has 0 radical (unpaired) electrons. The summed E-state index contributed by atoms with van der Waals surface area (Å²) < 4.78 is 5.30. The van der Waals surface area contributed by atoms with Gasteiger partial charge in [0.15, 0.2) is 0 Å². The SMILES string of the molecule is COc1ccccc1CNC(=O)C1(c2cccs2)CC1. The zero-order chi connectivity index (χ0) is 14.0. The number of hydrogen-bond acceptors (Lipinski definition) is 3. The van der Waals surface area contributed by atoms with Gasteiger partial charge >= 0.3 is 0 Å². The predicted molar refractivity (Wildman–Crippen MR) is 80.1 cm³/mol. The molecule has 1 aromatic carbocycles. The molecule has 0 atom stereocenters. The van der Waals surface area contributed by atoms with Gasteiger partial charge in [0, 0.05) is 17.0 Å². The first kappa shape index (κ1) is 13.2. The molecule has 1 N–H and O–H groups in total. The number of benzene rings is 1. The van der Waals surface area contributed by atoms with Crippen molar-refractivity contribution in [3.05, 3.63) is 52.2 Å². The fourth-order valence-electron chi connectivity index (χ4n) is 2.45. The molecule has 1 aliphatic carbocycles. The molecule has 1 heterocycles. The Hall–Kier alpha value is -1.81. The van der Waals surface area contributed by atoms with Gasteiger partial charge in [-0.05, 0) is 30.4 Å². The van der Waals surface area contributed by atoms with Crippen LogP contribution in [0.3, 0.4) is 0 Å². The van der Waals surface area contributed by atoms with E-state index in [4.69, 9.17) is 4.74 Å². The highest BCUT2D eigenvalue weighted by atomic mass is 32.1. The van der Waals surface area contributed by atoms with E-state index >= 15 is 0 Å². The van der Waals surface area contributed by atoms with Gasteiger partial charge < -0.3 is 10.1 Å². The van der Waals surface area contributed by atoms with Crippen molar-refractivity contribution in [1.82, 2.24) is 5.32 Å². The molecular weight excluding hydrogens is 270 g/mol. The van der Waals surface area contributed by atoms with Crippen LogP contribution in [0.2, 0.25) is 0 Å². The zero-order valence-corrected chi connectivity index (χ0v) is 12.2. The van der Waals surface area contributed by atoms with Gasteiger partial charge in [-0.15, -0.1) is 11.3 Å². The largest absolute Gasteiger partial charge is 0.496 e. The van der Waals surface area contributed by atoms with E-state index in [0.29, 0.717) is 6.54 Å².